The van der Waals surface area contributed by atoms with Gasteiger partial charge in [0.15, 0.2) is 16.6 Å². The van der Waals surface area contributed by atoms with E-state index in [0.717, 1.165) is 18.5 Å². The van der Waals surface area contributed by atoms with Gasteiger partial charge < -0.3 is 32.9 Å². The number of nitrogens with zero attached hydrogens (tertiary/aromatic N) is 2. The predicted molar refractivity (Wildman–Crippen MR) is 190 cm³/mol. The van der Waals surface area contributed by atoms with Gasteiger partial charge in [-0.15, -0.1) is 0 Å². The minimum Gasteiger partial charge on any atom is -0.469 e. The van der Waals surface area contributed by atoms with Crippen molar-refractivity contribution in [2.45, 2.75) is 134 Å². The number of hydrogen-bond acceptors (Lipinski definition) is 9. The molecule has 0 saturated carbocycles. The highest BCUT2D eigenvalue weighted by Gasteiger charge is 2.47. The zero-order chi connectivity index (χ0) is 35.8. The maximum absolute atomic E-state index is 12.7. The van der Waals surface area contributed by atoms with E-state index < -0.39 is 22.7 Å². The number of hydrogen-bond donors (Lipinski definition) is 0. The number of methoxy groups -OCH3 is 2. The number of esters is 2. The Morgan fingerprint density at radius 2 is 1.19 bits per heavy atom. The van der Waals surface area contributed by atoms with Gasteiger partial charge >= 0.3 is 18.0 Å². The van der Waals surface area contributed by atoms with E-state index in [1.807, 2.05) is 30.3 Å². The van der Waals surface area contributed by atoms with Crippen LogP contribution < -0.4 is 0 Å². The number of carbonyl (C=O) groups is 3. The van der Waals surface area contributed by atoms with Crippen molar-refractivity contribution in [3.8, 4) is 0 Å². The van der Waals surface area contributed by atoms with Gasteiger partial charge in [0.05, 0.1) is 45.3 Å². The molecule has 0 spiro atoms. The Labute approximate surface area is 286 Å². The molecule has 268 valence electrons. The molecule has 12 heteroatoms. The average molecular weight is 695 g/mol. The molecule has 2 saturated heterocycles. The summed E-state index contributed by atoms with van der Waals surface area (Å²) in [7, 11) is 1.04. The molecule has 0 radical (unpaired) electrons. The summed E-state index contributed by atoms with van der Waals surface area (Å²) >= 11 is 0. The minimum atomic E-state index is -2.04. The molecule has 1 aromatic rings. The highest BCUT2D eigenvalue weighted by atomic mass is 28.4. The van der Waals surface area contributed by atoms with E-state index in [1.54, 1.807) is 4.90 Å². The zero-order valence-electron chi connectivity index (χ0n) is 31.3. The first-order valence-electron chi connectivity index (χ1n) is 16.8. The topological polar surface area (TPSA) is 104 Å². The number of ether oxygens (including phenoxy) is 3. The van der Waals surface area contributed by atoms with Crippen LogP contribution >= 0.6 is 0 Å². The maximum Gasteiger partial charge on any atom is 0.410 e. The van der Waals surface area contributed by atoms with Crippen LogP contribution in [0.4, 0.5) is 4.79 Å². The molecule has 1 aromatic carbocycles. The van der Waals surface area contributed by atoms with Gasteiger partial charge in [-0.1, -0.05) is 71.9 Å². The van der Waals surface area contributed by atoms with Crippen LogP contribution in [0.15, 0.2) is 30.3 Å². The van der Waals surface area contributed by atoms with Crippen LogP contribution in [0, 0.1) is 0 Å². The summed E-state index contributed by atoms with van der Waals surface area (Å²) in [4.78, 5) is 40.1. The quantitative estimate of drug-likeness (QED) is 0.146. The van der Waals surface area contributed by atoms with E-state index in [1.165, 1.54) is 14.2 Å². The van der Waals surface area contributed by atoms with Crippen LogP contribution in [-0.2, 0) is 39.3 Å². The van der Waals surface area contributed by atoms with Crippen molar-refractivity contribution in [2.24, 2.45) is 0 Å². The Hall–Kier alpha value is -2.26. The van der Waals surface area contributed by atoms with Crippen LogP contribution in [-0.4, -0.2) is 103 Å². The second kappa shape index (κ2) is 16.9. The summed E-state index contributed by atoms with van der Waals surface area (Å²) in [5.41, 5.74) is 0.925. The molecule has 2 unspecified atom stereocenters. The van der Waals surface area contributed by atoms with Crippen molar-refractivity contribution in [3.05, 3.63) is 35.9 Å². The van der Waals surface area contributed by atoms with Crippen LogP contribution in [0.25, 0.3) is 0 Å². The van der Waals surface area contributed by atoms with Crippen molar-refractivity contribution >= 4 is 34.7 Å². The normalized spacial score (nSPS) is 22.4. The molecule has 47 heavy (non-hydrogen) atoms. The molecule has 10 nitrogen and oxygen atoms in total. The molecule has 2 aliphatic rings. The lowest BCUT2D eigenvalue weighted by molar-refractivity contribution is -0.143. The molecule has 0 N–H and O–H groups in total. The average Bonchev–Trinajstić information content (AvgIpc) is 3.52. The second-order valence-electron chi connectivity index (χ2n) is 15.8. The Bertz CT molecular complexity index is 1170. The second-order valence-corrected chi connectivity index (χ2v) is 25.3. The third kappa shape index (κ3) is 11.7. The fraction of sp³-hybridized carbons (Fsp3) is 0.743. The van der Waals surface area contributed by atoms with Crippen molar-refractivity contribution < 1.29 is 37.4 Å². The van der Waals surface area contributed by atoms with E-state index in [2.05, 4.69) is 79.7 Å². The van der Waals surface area contributed by atoms with E-state index >= 15 is 0 Å². The standard InChI is InChI=1S/C21H33NO5Si.C14H29NO3Si/c1-21(2,3)28(5,6)27-18-12-13-22(17(18)14-19(23)25-4)20(24)26-15-16-10-8-7-9-11-16;1-14(2,3)19(6,7)18-12-8-9-15(4)11(12)10-13(16)17-5/h7-11,17-18H,12-15H2,1-6H3;11-12H,8-10H2,1-7H3/t17-,18?;11-,12?/m00/s1. The van der Waals surface area contributed by atoms with Gasteiger partial charge in [-0.05, 0) is 61.7 Å². The summed E-state index contributed by atoms with van der Waals surface area (Å²) in [6.07, 6.45) is 1.77. The summed E-state index contributed by atoms with van der Waals surface area (Å²) in [5, 5.41) is 0.244. The molecule has 0 aromatic heterocycles. The Balaban J connectivity index is 0.000000353. The van der Waals surface area contributed by atoms with E-state index in [9.17, 15) is 14.4 Å². The smallest absolute Gasteiger partial charge is 0.410 e. The van der Waals surface area contributed by atoms with E-state index in [0.29, 0.717) is 19.4 Å². The molecule has 2 aliphatic heterocycles. The predicted octanol–water partition coefficient (Wildman–Crippen LogP) is 7.00. The van der Waals surface area contributed by atoms with Crippen LogP contribution in [0.1, 0.15) is 72.8 Å². The molecule has 4 atom stereocenters. The molecule has 3 rings (SSSR count). The molecule has 0 bridgehead atoms. The maximum atomic E-state index is 12.7. The first kappa shape index (κ1) is 40.9. The molecular formula is C35H62N2O8Si2. The fourth-order valence-corrected chi connectivity index (χ4v) is 8.02. The van der Waals surface area contributed by atoms with Gasteiger partial charge in [-0.2, -0.15) is 0 Å². The molecular weight excluding hydrogens is 633 g/mol. The monoisotopic (exact) mass is 694 g/mol. The molecule has 1 amide bonds. The highest BCUT2D eigenvalue weighted by Crippen LogP contribution is 2.41. The minimum absolute atomic E-state index is 0.0457. The van der Waals surface area contributed by atoms with Crippen LogP contribution in [0.3, 0.4) is 0 Å². The van der Waals surface area contributed by atoms with Crippen molar-refractivity contribution in [3.63, 3.8) is 0 Å². The number of benzene rings is 1. The Kier molecular flexibility index (Phi) is 14.7. The van der Waals surface area contributed by atoms with Gasteiger partial charge in [0.1, 0.15) is 6.61 Å². The molecule has 2 fully saturated rings. The van der Waals surface area contributed by atoms with E-state index in [-0.39, 0.29) is 59.3 Å². The zero-order valence-corrected chi connectivity index (χ0v) is 33.3. The molecule has 0 aliphatic carbocycles. The Morgan fingerprint density at radius 3 is 1.66 bits per heavy atom. The first-order chi connectivity index (χ1) is 21.6. The number of likely N-dealkylation sites (tertiary alicyclic amines) is 2. The largest absolute Gasteiger partial charge is 0.469 e. The highest BCUT2D eigenvalue weighted by molar-refractivity contribution is 6.74. The van der Waals surface area contributed by atoms with Crippen molar-refractivity contribution in [2.75, 3.05) is 34.4 Å². The van der Waals surface area contributed by atoms with Gasteiger partial charge in [0.25, 0.3) is 0 Å². The van der Waals surface area contributed by atoms with Crippen LogP contribution in [0.2, 0.25) is 36.3 Å². The van der Waals surface area contributed by atoms with Crippen LogP contribution in [0.5, 0.6) is 0 Å². The third-order valence-corrected chi connectivity index (χ3v) is 19.4. The first-order valence-corrected chi connectivity index (χ1v) is 22.6. The summed E-state index contributed by atoms with van der Waals surface area (Å²) in [5.74, 6) is -0.501. The fourth-order valence-electron chi connectivity index (χ4n) is 5.25. The van der Waals surface area contributed by atoms with Gasteiger partial charge in [0.2, 0.25) is 0 Å². The van der Waals surface area contributed by atoms with Gasteiger partial charge in [0, 0.05) is 19.1 Å². The number of rotatable bonds is 10. The summed E-state index contributed by atoms with van der Waals surface area (Å²) < 4.78 is 28.2. The lowest BCUT2D eigenvalue weighted by Crippen LogP contribution is -2.49. The number of carbonyl (C=O) groups excluding carboxylic acids is 3. The third-order valence-electron chi connectivity index (χ3n) is 10.4. The van der Waals surface area contributed by atoms with Crippen molar-refractivity contribution in [1.82, 2.24) is 9.80 Å². The lowest BCUT2D eigenvalue weighted by atomic mass is 10.1. The number of amides is 1. The van der Waals surface area contributed by atoms with Gasteiger partial charge in [-0.25, -0.2) is 4.79 Å². The Morgan fingerprint density at radius 1 is 0.745 bits per heavy atom. The number of likely N-dealkylation sites (N-methyl/N-ethyl adjacent to an activating group) is 1. The lowest BCUT2D eigenvalue weighted by Gasteiger charge is -2.40. The molecule has 2 heterocycles. The van der Waals surface area contributed by atoms with E-state index in [4.69, 9.17) is 23.1 Å². The summed E-state index contributed by atoms with van der Waals surface area (Å²) in [6.45, 7) is 23.8. The van der Waals surface area contributed by atoms with Crippen molar-refractivity contribution in [1.29, 1.82) is 0 Å². The summed E-state index contributed by atoms with van der Waals surface area (Å²) in [6, 6.07) is 9.33. The van der Waals surface area contributed by atoms with Gasteiger partial charge in [-0.3, -0.25) is 9.59 Å². The SMILES string of the molecule is COC(=O)C[C@H]1C(O[Si](C)(C)C(C)(C)C)CCN1C.COC(=O)C[C@H]1C(O[Si](C)(C)C(C)(C)C)CCN1C(=O)OCc1ccccc1.